The predicted molar refractivity (Wildman–Crippen MR) is 70.4 cm³/mol. The molecule has 2 heterocycles. The number of piperidine rings is 2. The van der Waals surface area contributed by atoms with E-state index in [0.29, 0.717) is 26.2 Å². The van der Waals surface area contributed by atoms with Crippen molar-refractivity contribution in [3.8, 4) is 0 Å². The Morgan fingerprint density at radius 3 is 1.88 bits per heavy atom. The van der Waals surface area contributed by atoms with E-state index in [1.807, 2.05) is 0 Å². The van der Waals surface area contributed by atoms with Crippen molar-refractivity contribution in [2.24, 2.45) is 5.73 Å². The molecular formula is C10H22ClN3O2S. The van der Waals surface area contributed by atoms with Gasteiger partial charge in [-0.15, -0.1) is 12.4 Å². The van der Waals surface area contributed by atoms with Crippen molar-refractivity contribution in [1.29, 1.82) is 0 Å². The zero-order valence-corrected chi connectivity index (χ0v) is 11.7. The van der Waals surface area contributed by atoms with Gasteiger partial charge in [0, 0.05) is 32.2 Å². The van der Waals surface area contributed by atoms with Gasteiger partial charge in [0.15, 0.2) is 0 Å². The highest BCUT2D eigenvalue weighted by Gasteiger charge is 2.32. The van der Waals surface area contributed by atoms with E-state index in [2.05, 4.69) is 0 Å². The van der Waals surface area contributed by atoms with Crippen LogP contribution in [0.4, 0.5) is 0 Å². The van der Waals surface area contributed by atoms with E-state index < -0.39 is 10.2 Å². The lowest BCUT2D eigenvalue weighted by Crippen LogP contribution is -2.50. The Morgan fingerprint density at radius 1 is 0.882 bits per heavy atom. The minimum Gasteiger partial charge on any atom is -0.328 e. The lowest BCUT2D eigenvalue weighted by atomic mass is 10.1. The van der Waals surface area contributed by atoms with Crippen LogP contribution < -0.4 is 5.73 Å². The summed E-state index contributed by atoms with van der Waals surface area (Å²) in [5, 5.41) is 0. The predicted octanol–water partition coefficient (Wildman–Crippen LogP) is 0.562. The fourth-order valence-corrected chi connectivity index (χ4v) is 4.08. The van der Waals surface area contributed by atoms with Crippen LogP contribution in [-0.4, -0.2) is 49.2 Å². The molecule has 0 aliphatic carbocycles. The third kappa shape index (κ3) is 3.54. The van der Waals surface area contributed by atoms with Crippen molar-refractivity contribution >= 4 is 22.6 Å². The highest BCUT2D eigenvalue weighted by molar-refractivity contribution is 7.86. The van der Waals surface area contributed by atoms with Crippen molar-refractivity contribution in [2.45, 2.75) is 38.1 Å². The van der Waals surface area contributed by atoms with Gasteiger partial charge >= 0.3 is 0 Å². The third-order valence-corrected chi connectivity index (χ3v) is 5.50. The molecule has 0 aromatic heterocycles. The van der Waals surface area contributed by atoms with Crippen molar-refractivity contribution in [2.75, 3.05) is 26.2 Å². The van der Waals surface area contributed by atoms with Crippen LogP contribution in [-0.2, 0) is 10.2 Å². The number of nitrogens with two attached hydrogens (primary N) is 1. The molecule has 5 nitrogen and oxygen atoms in total. The first-order chi connectivity index (χ1) is 7.60. The van der Waals surface area contributed by atoms with Gasteiger partial charge < -0.3 is 5.73 Å². The molecule has 7 heteroatoms. The molecule has 0 aromatic rings. The summed E-state index contributed by atoms with van der Waals surface area (Å²) in [7, 11) is -3.20. The van der Waals surface area contributed by atoms with E-state index in [1.54, 1.807) is 8.61 Å². The topological polar surface area (TPSA) is 66.6 Å². The molecule has 0 unspecified atom stereocenters. The molecular weight excluding hydrogens is 262 g/mol. The second kappa shape index (κ2) is 6.33. The maximum atomic E-state index is 12.3. The van der Waals surface area contributed by atoms with Gasteiger partial charge in [0.25, 0.3) is 10.2 Å². The van der Waals surface area contributed by atoms with Gasteiger partial charge in [-0.3, -0.25) is 0 Å². The third-order valence-electron chi connectivity index (χ3n) is 3.47. The molecule has 2 aliphatic rings. The second-order valence-corrected chi connectivity index (χ2v) is 6.63. The SMILES string of the molecule is Cl.NC1CCN(S(=O)(=O)N2CCCCC2)CC1. The lowest BCUT2D eigenvalue weighted by Gasteiger charge is -2.35. The highest BCUT2D eigenvalue weighted by atomic mass is 35.5. The van der Waals surface area contributed by atoms with Gasteiger partial charge in [-0.1, -0.05) is 6.42 Å². The Bertz CT molecular complexity index is 322. The molecule has 2 N–H and O–H groups in total. The van der Waals surface area contributed by atoms with Crippen LogP contribution in [0.1, 0.15) is 32.1 Å². The number of rotatable bonds is 2. The standard InChI is InChI=1S/C10H21N3O2S.ClH/c11-10-4-8-13(9-5-10)16(14,15)12-6-2-1-3-7-12;/h10H,1-9,11H2;1H. The Balaban J connectivity index is 0.00000144. The highest BCUT2D eigenvalue weighted by Crippen LogP contribution is 2.19. The molecule has 2 aliphatic heterocycles. The van der Waals surface area contributed by atoms with Crippen LogP contribution in [0.5, 0.6) is 0 Å². The maximum Gasteiger partial charge on any atom is 0.281 e. The Hall–Kier alpha value is 0.120. The van der Waals surface area contributed by atoms with E-state index in [0.717, 1.165) is 32.1 Å². The van der Waals surface area contributed by atoms with E-state index in [9.17, 15) is 8.42 Å². The smallest absolute Gasteiger partial charge is 0.281 e. The number of hydrogen-bond acceptors (Lipinski definition) is 3. The zero-order valence-electron chi connectivity index (χ0n) is 10.0. The van der Waals surface area contributed by atoms with Crippen molar-refractivity contribution in [1.82, 2.24) is 8.61 Å². The van der Waals surface area contributed by atoms with Crippen LogP contribution in [0.25, 0.3) is 0 Å². The first-order valence-corrected chi connectivity index (χ1v) is 7.51. The Labute approximate surface area is 110 Å². The fourth-order valence-electron chi connectivity index (χ4n) is 2.37. The molecule has 0 spiro atoms. The zero-order chi connectivity index (χ0) is 11.6. The van der Waals surface area contributed by atoms with Crippen LogP contribution in [0, 0.1) is 0 Å². The molecule has 0 radical (unpaired) electrons. The summed E-state index contributed by atoms with van der Waals surface area (Å²) in [5.41, 5.74) is 5.78. The monoisotopic (exact) mass is 283 g/mol. The van der Waals surface area contributed by atoms with Gasteiger partial charge in [0.2, 0.25) is 0 Å². The van der Waals surface area contributed by atoms with E-state index in [-0.39, 0.29) is 18.4 Å². The van der Waals surface area contributed by atoms with E-state index in [4.69, 9.17) is 5.73 Å². The van der Waals surface area contributed by atoms with Gasteiger partial charge in [-0.2, -0.15) is 17.0 Å². The summed E-state index contributed by atoms with van der Waals surface area (Å²) < 4.78 is 27.7. The van der Waals surface area contributed by atoms with Crippen LogP contribution >= 0.6 is 12.4 Å². The Kier molecular flexibility index (Phi) is 5.66. The average molecular weight is 284 g/mol. The van der Waals surface area contributed by atoms with Crippen LogP contribution in [0.15, 0.2) is 0 Å². The minimum atomic E-state index is -3.20. The van der Waals surface area contributed by atoms with Gasteiger partial charge in [0.1, 0.15) is 0 Å². The van der Waals surface area contributed by atoms with Gasteiger partial charge in [-0.25, -0.2) is 0 Å². The molecule has 2 fully saturated rings. The van der Waals surface area contributed by atoms with Crippen LogP contribution in [0.3, 0.4) is 0 Å². The van der Waals surface area contributed by atoms with Crippen molar-refractivity contribution < 1.29 is 8.42 Å². The van der Waals surface area contributed by atoms with E-state index in [1.165, 1.54) is 0 Å². The van der Waals surface area contributed by atoms with Gasteiger partial charge in [-0.05, 0) is 25.7 Å². The molecule has 0 bridgehead atoms. The maximum absolute atomic E-state index is 12.3. The normalized spacial score (nSPS) is 25.5. The fraction of sp³-hybridized carbons (Fsp3) is 1.00. The Morgan fingerprint density at radius 2 is 1.35 bits per heavy atom. The lowest BCUT2D eigenvalue weighted by molar-refractivity contribution is 0.271. The molecule has 0 atom stereocenters. The van der Waals surface area contributed by atoms with E-state index >= 15 is 0 Å². The summed E-state index contributed by atoms with van der Waals surface area (Å²) >= 11 is 0. The summed E-state index contributed by atoms with van der Waals surface area (Å²) in [6, 6.07) is 0.174. The molecule has 102 valence electrons. The van der Waals surface area contributed by atoms with Crippen LogP contribution in [0.2, 0.25) is 0 Å². The number of hydrogen-bond donors (Lipinski definition) is 1. The van der Waals surface area contributed by atoms with Crippen molar-refractivity contribution in [3.63, 3.8) is 0 Å². The first kappa shape index (κ1) is 15.2. The quantitative estimate of drug-likeness (QED) is 0.805. The molecule has 2 rings (SSSR count). The summed E-state index contributed by atoms with van der Waals surface area (Å²) in [5.74, 6) is 0. The molecule has 17 heavy (non-hydrogen) atoms. The summed E-state index contributed by atoms with van der Waals surface area (Å²) in [6.45, 7) is 2.54. The number of halogens is 1. The molecule has 0 saturated carbocycles. The summed E-state index contributed by atoms with van der Waals surface area (Å²) in [4.78, 5) is 0. The summed E-state index contributed by atoms with van der Waals surface area (Å²) in [6.07, 6.45) is 4.70. The van der Waals surface area contributed by atoms with Crippen molar-refractivity contribution in [3.05, 3.63) is 0 Å². The second-order valence-electron chi connectivity index (χ2n) is 4.70. The largest absolute Gasteiger partial charge is 0.328 e. The molecule has 0 amide bonds. The van der Waals surface area contributed by atoms with Gasteiger partial charge in [0.05, 0.1) is 0 Å². The molecule has 2 saturated heterocycles. The average Bonchev–Trinajstić information content (AvgIpc) is 2.31. The first-order valence-electron chi connectivity index (χ1n) is 6.11. The number of nitrogens with zero attached hydrogens (tertiary/aromatic N) is 2. The minimum absolute atomic E-state index is 0. The molecule has 0 aromatic carbocycles.